The molecule has 1 aromatic carbocycles. The molecule has 23 heavy (non-hydrogen) atoms. The summed E-state index contributed by atoms with van der Waals surface area (Å²) in [7, 11) is 0. The molecule has 8 nitrogen and oxygen atoms in total. The summed E-state index contributed by atoms with van der Waals surface area (Å²) in [6, 6.07) is 9.83. The Labute approximate surface area is 130 Å². The van der Waals surface area contributed by atoms with Crippen molar-refractivity contribution >= 4 is 17.0 Å². The number of amides is 1. The molecule has 1 N–H and O–H groups in total. The van der Waals surface area contributed by atoms with Gasteiger partial charge in [0.1, 0.15) is 6.54 Å². The van der Waals surface area contributed by atoms with Gasteiger partial charge in [0.15, 0.2) is 5.58 Å². The second kappa shape index (κ2) is 6.30. The van der Waals surface area contributed by atoms with Crippen LogP contribution in [0.4, 0.5) is 0 Å². The van der Waals surface area contributed by atoms with E-state index in [1.807, 2.05) is 0 Å². The predicted molar refractivity (Wildman–Crippen MR) is 82.0 cm³/mol. The van der Waals surface area contributed by atoms with Crippen LogP contribution >= 0.6 is 0 Å². The summed E-state index contributed by atoms with van der Waals surface area (Å²) < 4.78 is 7.57. The van der Waals surface area contributed by atoms with Crippen LogP contribution in [0, 0.1) is 0 Å². The minimum absolute atomic E-state index is 0.146. The van der Waals surface area contributed by atoms with Crippen molar-refractivity contribution in [2.75, 3.05) is 6.54 Å². The Morgan fingerprint density at radius 2 is 2.00 bits per heavy atom. The lowest BCUT2D eigenvalue weighted by Gasteiger charge is -2.06. The largest absolute Gasteiger partial charge is 0.420 e. The van der Waals surface area contributed by atoms with Gasteiger partial charge in [-0.3, -0.25) is 14.2 Å². The molecule has 3 aromatic rings. The molecule has 0 unspecified atom stereocenters. The average molecular weight is 314 g/mol. The van der Waals surface area contributed by atoms with Gasteiger partial charge in [-0.15, -0.1) is 0 Å². The third kappa shape index (κ3) is 3.20. The lowest BCUT2D eigenvalue weighted by molar-refractivity contribution is -0.121. The third-order valence-electron chi connectivity index (χ3n) is 3.31. The number of rotatable bonds is 5. The smallest absolute Gasteiger partial charge is 0.408 e. The molecule has 2 aromatic heterocycles. The zero-order valence-electron chi connectivity index (χ0n) is 12.1. The van der Waals surface area contributed by atoms with E-state index in [4.69, 9.17) is 4.42 Å². The molecule has 118 valence electrons. The number of hydrogen-bond acceptors (Lipinski definition) is 5. The van der Waals surface area contributed by atoms with Crippen LogP contribution in [0.15, 0.2) is 56.6 Å². The lowest BCUT2D eigenvalue weighted by Crippen LogP contribution is -2.35. The maximum atomic E-state index is 12.0. The van der Waals surface area contributed by atoms with E-state index < -0.39 is 5.76 Å². The van der Waals surface area contributed by atoms with Gasteiger partial charge in [0.05, 0.1) is 12.1 Å². The van der Waals surface area contributed by atoms with E-state index >= 15 is 0 Å². The number of carbonyl (C=O) groups excluding carboxylic acids is 1. The van der Waals surface area contributed by atoms with Crippen molar-refractivity contribution < 1.29 is 9.21 Å². The SMILES string of the molecule is O=C(Cn1c(=O)oc2ccccc21)NCCn1ncccc1=O. The summed E-state index contributed by atoms with van der Waals surface area (Å²) in [6.45, 7) is 0.347. The van der Waals surface area contributed by atoms with E-state index in [1.165, 1.54) is 21.5 Å². The van der Waals surface area contributed by atoms with E-state index in [2.05, 4.69) is 10.4 Å². The number of benzene rings is 1. The average Bonchev–Trinajstić information content (AvgIpc) is 2.85. The van der Waals surface area contributed by atoms with Gasteiger partial charge in [-0.2, -0.15) is 5.10 Å². The Bertz CT molecular complexity index is 954. The quantitative estimate of drug-likeness (QED) is 0.713. The van der Waals surface area contributed by atoms with Gasteiger partial charge in [0.2, 0.25) is 5.91 Å². The molecule has 0 spiro atoms. The zero-order valence-corrected chi connectivity index (χ0v) is 12.1. The Morgan fingerprint density at radius 3 is 2.83 bits per heavy atom. The van der Waals surface area contributed by atoms with Crippen molar-refractivity contribution in [2.45, 2.75) is 13.1 Å². The van der Waals surface area contributed by atoms with Gasteiger partial charge < -0.3 is 9.73 Å². The van der Waals surface area contributed by atoms with Crippen LogP contribution in [0.5, 0.6) is 0 Å². The maximum absolute atomic E-state index is 12.0. The molecule has 2 heterocycles. The normalized spacial score (nSPS) is 10.8. The Morgan fingerprint density at radius 1 is 1.17 bits per heavy atom. The molecule has 3 rings (SSSR count). The van der Waals surface area contributed by atoms with Crippen LogP contribution in [0.1, 0.15) is 0 Å². The number of carbonyl (C=O) groups is 1. The number of nitrogens with one attached hydrogen (secondary N) is 1. The summed E-state index contributed by atoms with van der Waals surface area (Å²) in [5.41, 5.74) is 0.762. The summed E-state index contributed by atoms with van der Waals surface area (Å²) in [6.07, 6.45) is 1.50. The minimum Gasteiger partial charge on any atom is -0.408 e. The summed E-state index contributed by atoms with van der Waals surface area (Å²) in [5, 5.41) is 6.54. The van der Waals surface area contributed by atoms with Crippen molar-refractivity contribution in [3.8, 4) is 0 Å². The van der Waals surface area contributed by atoms with Gasteiger partial charge in [0, 0.05) is 18.8 Å². The number of hydrogen-bond donors (Lipinski definition) is 1. The zero-order chi connectivity index (χ0) is 16.2. The van der Waals surface area contributed by atoms with Crippen molar-refractivity contribution in [1.82, 2.24) is 19.7 Å². The summed E-state index contributed by atoms with van der Waals surface area (Å²) >= 11 is 0. The predicted octanol–water partition coefficient (Wildman–Crippen LogP) is -0.0324. The van der Waals surface area contributed by atoms with Crippen molar-refractivity contribution in [3.63, 3.8) is 0 Å². The van der Waals surface area contributed by atoms with E-state index in [0.29, 0.717) is 11.1 Å². The first-order valence-corrected chi connectivity index (χ1v) is 7.02. The lowest BCUT2D eigenvalue weighted by atomic mass is 10.3. The molecule has 0 aliphatic rings. The van der Waals surface area contributed by atoms with E-state index in [9.17, 15) is 14.4 Å². The number of aromatic nitrogens is 3. The molecule has 0 aliphatic carbocycles. The first kappa shape index (κ1) is 14.8. The third-order valence-corrected chi connectivity index (χ3v) is 3.31. The van der Waals surface area contributed by atoms with Crippen LogP contribution in [-0.2, 0) is 17.9 Å². The van der Waals surface area contributed by atoms with E-state index in [0.717, 1.165) is 0 Å². The van der Waals surface area contributed by atoms with Gasteiger partial charge in [-0.25, -0.2) is 9.48 Å². The highest BCUT2D eigenvalue weighted by Gasteiger charge is 2.11. The number of nitrogens with zero attached hydrogens (tertiary/aromatic N) is 3. The first-order valence-electron chi connectivity index (χ1n) is 7.02. The van der Waals surface area contributed by atoms with Gasteiger partial charge >= 0.3 is 5.76 Å². The molecule has 0 bridgehead atoms. The molecule has 0 aliphatic heterocycles. The van der Waals surface area contributed by atoms with Gasteiger partial charge in [-0.05, 0) is 18.2 Å². The monoisotopic (exact) mass is 314 g/mol. The fourth-order valence-corrected chi connectivity index (χ4v) is 2.22. The molecule has 0 saturated heterocycles. The number of fused-ring (bicyclic) bond motifs is 1. The minimum atomic E-state index is -0.581. The molecule has 0 saturated carbocycles. The van der Waals surface area contributed by atoms with Crippen LogP contribution < -0.4 is 16.6 Å². The number of para-hydroxylation sites is 2. The molecular weight excluding hydrogens is 300 g/mol. The van der Waals surface area contributed by atoms with Crippen LogP contribution in [0.25, 0.3) is 11.1 Å². The Balaban J connectivity index is 1.63. The van der Waals surface area contributed by atoms with Crippen molar-refractivity contribution in [3.05, 3.63) is 63.5 Å². The highest BCUT2D eigenvalue weighted by atomic mass is 16.4. The second-order valence-electron chi connectivity index (χ2n) is 4.86. The highest BCUT2D eigenvalue weighted by Crippen LogP contribution is 2.11. The van der Waals surface area contributed by atoms with Crippen molar-refractivity contribution in [2.24, 2.45) is 0 Å². The fourth-order valence-electron chi connectivity index (χ4n) is 2.22. The second-order valence-corrected chi connectivity index (χ2v) is 4.86. The highest BCUT2D eigenvalue weighted by molar-refractivity contribution is 5.79. The van der Waals surface area contributed by atoms with E-state index in [1.54, 1.807) is 30.3 Å². The molecule has 0 radical (unpaired) electrons. The summed E-state index contributed by atoms with van der Waals surface area (Å²) in [5.74, 6) is -0.926. The van der Waals surface area contributed by atoms with Crippen molar-refractivity contribution in [1.29, 1.82) is 0 Å². The molecule has 8 heteroatoms. The van der Waals surface area contributed by atoms with Crippen LogP contribution in [-0.4, -0.2) is 26.8 Å². The molecule has 0 fully saturated rings. The topological polar surface area (TPSA) is 99.1 Å². The van der Waals surface area contributed by atoms with Gasteiger partial charge in [-0.1, -0.05) is 12.1 Å². The molecule has 0 atom stereocenters. The maximum Gasteiger partial charge on any atom is 0.420 e. The fraction of sp³-hybridized carbons (Fsp3) is 0.200. The van der Waals surface area contributed by atoms with Crippen LogP contribution in [0.3, 0.4) is 0 Å². The molecular formula is C15H14N4O4. The standard InChI is InChI=1S/C15H14N4O4/c20-13(16-8-9-19-14(21)6-3-7-17-19)10-18-11-4-1-2-5-12(11)23-15(18)22/h1-7H,8-10H2,(H,16,20). The Kier molecular flexibility index (Phi) is 4.05. The van der Waals surface area contributed by atoms with Gasteiger partial charge in [0.25, 0.3) is 5.56 Å². The van der Waals surface area contributed by atoms with Crippen LogP contribution in [0.2, 0.25) is 0 Å². The first-order chi connectivity index (χ1) is 11.1. The molecule has 1 amide bonds. The number of oxazole rings is 1. The summed E-state index contributed by atoms with van der Waals surface area (Å²) in [4.78, 5) is 35.2. The van der Waals surface area contributed by atoms with E-state index in [-0.39, 0.29) is 31.1 Å². The Hall–Kier alpha value is -3.16.